The third-order valence-electron chi connectivity index (χ3n) is 2.98. The summed E-state index contributed by atoms with van der Waals surface area (Å²) >= 11 is 0. The van der Waals surface area contributed by atoms with Crippen LogP contribution in [0.3, 0.4) is 0 Å². The highest BCUT2D eigenvalue weighted by atomic mass is 16.5. The van der Waals surface area contributed by atoms with E-state index in [-0.39, 0.29) is 17.8 Å². The van der Waals surface area contributed by atoms with Crippen molar-refractivity contribution in [2.45, 2.75) is 19.0 Å². The molecule has 1 aliphatic rings. The average molecular weight is 247 g/mol. The first-order valence-corrected chi connectivity index (χ1v) is 5.69. The van der Waals surface area contributed by atoms with E-state index in [4.69, 9.17) is 4.74 Å². The van der Waals surface area contributed by atoms with Gasteiger partial charge < -0.3 is 9.84 Å². The lowest BCUT2D eigenvalue weighted by molar-refractivity contribution is 0.298. The van der Waals surface area contributed by atoms with E-state index in [1.807, 2.05) is 13.0 Å². The van der Waals surface area contributed by atoms with Gasteiger partial charge in [-0.15, -0.1) is 10.2 Å². The molecule has 2 heterocycles. The second-order valence-electron chi connectivity index (χ2n) is 4.24. The molecule has 1 aromatic heterocycles. The largest absolute Gasteiger partial charge is 0.508 e. The van der Waals surface area contributed by atoms with Crippen LogP contribution in [-0.4, -0.2) is 32.3 Å². The van der Waals surface area contributed by atoms with Gasteiger partial charge in [0.2, 0.25) is 0 Å². The van der Waals surface area contributed by atoms with Crippen molar-refractivity contribution in [3.63, 3.8) is 0 Å². The molecule has 3 N–H and O–H groups in total. The lowest BCUT2D eigenvalue weighted by Crippen LogP contribution is -2.26. The number of aromatic hydroxyl groups is 1. The van der Waals surface area contributed by atoms with Gasteiger partial charge in [-0.2, -0.15) is 5.21 Å². The number of aromatic nitrogens is 4. The van der Waals surface area contributed by atoms with Gasteiger partial charge in [0.15, 0.2) is 5.82 Å². The smallest absolute Gasteiger partial charge is 0.191 e. The number of H-pyrrole nitrogens is 1. The molecule has 0 aliphatic carbocycles. The highest BCUT2D eigenvalue weighted by Crippen LogP contribution is 2.35. The predicted octanol–water partition coefficient (Wildman–Crippen LogP) is 0.690. The molecule has 0 saturated heterocycles. The van der Waals surface area contributed by atoms with E-state index in [1.54, 1.807) is 12.1 Å². The summed E-state index contributed by atoms with van der Waals surface area (Å²) in [6.45, 7) is 2.49. The van der Waals surface area contributed by atoms with Gasteiger partial charge in [0.1, 0.15) is 18.1 Å². The lowest BCUT2D eigenvalue weighted by Gasteiger charge is -2.15. The molecule has 2 unspecified atom stereocenters. The van der Waals surface area contributed by atoms with Crippen molar-refractivity contribution in [3.8, 4) is 11.5 Å². The molecule has 0 saturated carbocycles. The number of benzene rings is 1. The Morgan fingerprint density at radius 2 is 2.44 bits per heavy atom. The van der Waals surface area contributed by atoms with Crippen molar-refractivity contribution in [3.05, 3.63) is 29.6 Å². The van der Waals surface area contributed by atoms with E-state index in [1.165, 1.54) is 0 Å². The standard InChI is InChI=1S/C11H13N5O2/c1-6(11-13-15-16-14-11)12-9-5-18-10-4-7(17)2-3-8(9)10/h2-4,6,9,12,17H,5H2,1H3,(H,13,14,15,16). The summed E-state index contributed by atoms with van der Waals surface area (Å²) in [5, 5.41) is 26.6. The zero-order chi connectivity index (χ0) is 12.5. The van der Waals surface area contributed by atoms with Gasteiger partial charge >= 0.3 is 0 Å². The van der Waals surface area contributed by atoms with Crippen molar-refractivity contribution >= 4 is 0 Å². The molecule has 2 aromatic rings. The number of tetrazole rings is 1. The summed E-state index contributed by atoms with van der Waals surface area (Å²) in [5.74, 6) is 1.54. The molecule has 18 heavy (non-hydrogen) atoms. The Morgan fingerprint density at radius 1 is 1.56 bits per heavy atom. The van der Waals surface area contributed by atoms with Gasteiger partial charge in [-0.3, -0.25) is 5.32 Å². The topological polar surface area (TPSA) is 96.0 Å². The van der Waals surface area contributed by atoms with Crippen LogP contribution in [0.4, 0.5) is 0 Å². The van der Waals surface area contributed by atoms with Crippen LogP contribution in [0, 0.1) is 0 Å². The van der Waals surface area contributed by atoms with Crippen LogP contribution in [0.1, 0.15) is 30.4 Å². The van der Waals surface area contributed by atoms with Gasteiger partial charge in [-0.25, -0.2) is 0 Å². The van der Waals surface area contributed by atoms with Crippen molar-refractivity contribution in [2.75, 3.05) is 6.61 Å². The number of phenolic OH excluding ortho intramolecular Hbond substituents is 1. The minimum Gasteiger partial charge on any atom is -0.508 e. The van der Waals surface area contributed by atoms with Gasteiger partial charge in [0.05, 0.1) is 12.1 Å². The summed E-state index contributed by atoms with van der Waals surface area (Å²) in [7, 11) is 0. The molecule has 7 heteroatoms. The van der Waals surface area contributed by atoms with Crippen molar-refractivity contribution in [1.82, 2.24) is 25.9 Å². The molecule has 94 valence electrons. The first-order chi connectivity index (χ1) is 8.74. The lowest BCUT2D eigenvalue weighted by atomic mass is 10.1. The summed E-state index contributed by atoms with van der Waals surface area (Å²) < 4.78 is 5.52. The van der Waals surface area contributed by atoms with E-state index in [0.29, 0.717) is 18.2 Å². The summed E-state index contributed by atoms with van der Waals surface area (Å²) in [5.41, 5.74) is 1.03. The molecule has 0 bridgehead atoms. The number of hydrogen-bond acceptors (Lipinski definition) is 6. The van der Waals surface area contributed by atoms with Gasteiger partial charge in [0.25, 0.3) is 0 Å². The highest BCUT2D eigenvalue weighted by molar-refractivity contribution is 5.44. The molecular weight excluding hydrogens is 234 g/mol. The number of ether oxygens (including phenoxy) is 1. The molecule has 2 atom stereocenters. The molecule has 0 fully saturated rings. The molecular formula is C11H13N5O2. The maximum Gasteiger partial charge on any atom is 0.191 e. The molecule has 1 aromatic carbocycles. The fourth-order valence-electron chi connectivity index (χ4n) is 2.07. The summed E-state index contributed by atoms with van der Waals surface area (Å²) in [6, 6.07) is 5.17. The van der Waals surface area contributed by atoms with Crippen molar-refractivity contribution in [1.29, 1.82) is 0 Å². The average Bonchev–Trinajstić information content (AvgIpc) is 2.98. The van der Waals surface area contributed by atoms with Crippen LogP contribution in [0.5, 0.6) is 11.5 Å². The maximum atomic E-state index is 9.38. The quantitative estimate of drug-likeness (QED) is 0.738. The normalized spacial score (nSPS) is 19.3. The second kappa shape index (κ2) is 4.26. The van der Waals surface area contributed by atoms with E-state index >= 15 is 0 Å². The van der Waals surface area contributed by atoms with Crippen LogP contribution >= 0.6 is 0 Å². The van der Waals surface area contributed by atoms with Crippen LogP contribution in [0.25, 0.3) is 0 Å². The Balaban J connectivity index is 1.77. The molecule has 0 amide bonds. The Kier molecular flexibility index (Phi) is 2.60. The van der Waals surface area contributed by atoms with Crippen LogP contribution in [0.15, 0.2) is 18.2 Å². The van der Waals surface area contributed by atoms with E-state index < -0.39 is 0 Å². The van der Waals surface area contributed by atoms with E-state index in [2.05, 4.69) is 25.9 Å². The molecule has 0 radical (unpaired) electrons. The van der Waals surface area contributed by atoms with Crippen LogP contribution < -0.4 is 10.1 Å². The predicted molar refractivity (Wildman–Crippen MR) is 62.1 cm³/mol. The number of fused-ring (bicyclic) bond motifs is 1. The monoisotopic (exact) mass is 247 g/mol. The Hall–Kier alpha value is -2.15. The zero-order valence-corrected chi connectivity index (χ0v) is 9.79. The number of nitrogens with zero attached hydrogens (tertiary/aromatic N) is 3. The van der Waals surface area contributed by atoms with Crippen LogP contribution in [0.2, 0.25) is 0 Å². The number of rotatable bonds is 3. The number of phenols is 1. The third-order valence-corrected chi connectivity index (χ3v) is 2.98. The first-order valence-electron chi connectivity index (χ1n) is 5.69. The zero-order valence-electron chi connectivity index (χ0n) is 9.79. The fourth-order valence-corrected chi connectivity index (χ4v) is 2.07. The minimum absolute atomic E-state index is 0.0305. The fraction of sp³-hybridized carbons (Fsp3) is 0.364. The van der Waals surface area contributed by atoms with Crippen molar-refractivity contribution < 1.29 is 9.84 Å². The number of nitrogens with one attached hydrogen (secondary N) is 2. The first kappa shape index (κ1) is 11.0. The molecule has 1 aliphatic heterocycles. The highest BCUT2D eigenvalue weighted by Gasteiger charge is 2.26. The maximum absolute atomic E-state index is 9.38. The Morgan fingerprint density at radius 3 is 3.22 bits per heavy atom. The summed E-state index contributed by atoms with van der Waals surface area (Å²) in [4.78, 5) is 0. The minimum atomic E-state index is -0.0305. The molecule has 0 spiro atoms. The molecule has 7 nitrogen and oxygen atoms in total. The van der Waals surface area contributed by atoms with Gasteiger partial charge in [0, 0.05) is 11.6 Å². The second-order valence-corrected chi connectivity index (χ2v) is 4.24. The van der Waals surface area contributed by atoms with Crippen molar-refractivity contribution in [2.24, 2.45) is 0 Å². The Bertz CT molecular complexity index is 542. The van der Waals surface area contributed by atoms with E-state index in [0.717, 1.165) is 5.56 Å². The molecule has 3 rings (SSSR count). The van der Waals surface area contributed by atoms with Crippen LogP contribution in [-0.2, 0) is 0 Å². The van der Waals surface area contributed by atoms with Gasteiger partial charge in [-0.1, -0.05) is 5.21 Å². The number of hydrogen-bond donors (Lipinski definition) is 3. The van der Waals surface area contributed by atoms with Gasteiger partial charge in [-0.05, 0) is 19.1 Å². The summed E-state index contributed by atoms with van der Waals surface area (Å²) in [6.07, 6.45) is 0. The van der Waals surface area contributed by atoms with E-state index in [9.17, 15) is 5.11 Å². The number of aromatic amines is 1. The Labute approximate surface area is 103 Å². The third kappa shape index (κ3) is 1.88. The SMILES string of the molecule is CC(NC1COc2cc(O)ccc21)c1nn[nH]n1.